The van der Waals surface area contributed by atoms with Crippen molar-refractivity contribution < 1.29 is 24.2 Å². The Morgan fingerprint density at radius 3 is 2.18 bits per heavy atom. The predicted molar refractivity (Wildman–Crippen MR) is 124 cm³/mol. The summed E-state index contributed by atoms with van der Waals surface area (Å²) in [6.45, 7) is 1.81. The lowest BCUT2D eigenvalue weighted by atomic mass is 9.98. The third-order valence-electron chi connectivity index (χ3n) is 6.79. The maximum absolute atomic E-state index is 12.9. The lowest BCUT2D eigenvalue weighted by Gasteiger charge is -2.27. The number of nitrogens with one attached hydrogen (secondary N) is 1. The quantitative estimate of drug-likeness (QED) is 0.605. The molecular formula is C26H30N2O5. The van der Waals surface area contributed by atoms with Gasteiger partial charge in [-0.05, 0) is 41.5 Å². The van der Waals surface area contributed by atoms with Gasteiger partial charge in [-0.15, -0.1) is 0 Å². The van der Waals surface area contributed by atoms with Crippen LogP contribution < -0.4 is 5.32 Å². The van der Waals surface area contributed by atoms with Crippen LogP contribution in [-0.2, 0) is 14.3 Å². The minimum Gasteiger partial charge on any atom is -0.480 e. The van der Waals surface area contributed by atoms with Crippen LogP contribution in [0.3, 0.4) is 0 Å². The molecule has 0 heterocycles. The number of ether oxygens (including phenoxy) is 1. The monoisotopic (exact) mass is 450 g/mol. The fourth-order valence-corrected chi connectivity index (χ4v) is 4.53. The van der Waals surface area contributed by atoms with E-state index >= 15 is 0 Å². The Hall–Kier alpha value is -3.35. The molecule has 7 nitrogen and oxygen atoms in total. The minimum atomic E-state index is -1.06. The summed E-state index contributed by atoms with van der Waals surface area (Å²) in [5.74, 6) is -1.37. The predicted octanol–water partition coefficient (Wildman–Crippen LogP) is 3.87. The first-order valence-corrected chi connectivity index (χ1v) is 11.4. The van der Waals surface area contributed by atoms with Gasteiger partial charge in [-0.3, -0.25) is 4.79 Å². The van der Waals surface area contributed by atoms with Crippen LogP contribution in [-0.4, -0.2) is 54.2 Å². The fraction of sp³-hybridized carbons (Fsp3) is 0.423. The van der Waals surface area contributed by atoms with Gasteiger partial charge in [0.2, 0.25) is 5.91 Å². The smallest absolute Gasteiger partial charge is 0.407 e. The molecule has 2 aromatic rings. The van der Waals surface area contributed by atoms with E-state index in [0.717, 1.165) is 35.1 Å². The second-order valence-electron chi connectivity index (χ2n) is 9.05. The minimum absolute atomic E-state index is 0.0328. The molecule has 2 atom stereocenters. The summed E-state index contributed by atoms with van der Waals surface area (Å²) in [6.07, 6.45) is 2.19. The number of nitrogens with zero attached hydrogens (tertiary/aromatic N) is 1. The maximum atomic E-state index is 12.9. The average Bonchev–Trinajstić information content (AvgIpc) is 3.59. The molecule has 0 bridgehead atoms. The normalized spacial score (nSPS) is 16.3. The molecule has 0 aliphatic heterocycles. The fourth-order valence-electron chi connectivity index (χ4n) is 4.53. The number of likely N-dealkylation sites (N-methyl/N-ethyl adjacent to an activating group) is 1. The Balaban J connectivity index is 1.36. The van der Waals surface area contributed by atoms with Crippen LogP contribution in [0.25, 0.3) is 11.1 Å². The summed E-state index contributed by atoms with van der Waals surface area (Å²) in [4.78, 5) is 37.9. The summed E-state index contributed by atoms with van der Waals surface area (Å²) in [5.41, 5.74) is 4.59. The van der Waals surface area contributed by atoms with Crippen LogP contribution in [0, 0.1) is 11.8 Å². The first-order chi connectivity index (χ1) is 15.9. The molecule has 0 spiro atoms. The standard InChI is InChI=1S/C26H30N2O5/c1-16(25(30)31)28(2)24(29)18(13-17-11-12-17)14-27-26(32)33-15-23-21-9-5-3-7-19(21)20-8-4-6-10-22(20)23/h3-10,16-18,23H,11-15H2,1-2H3,(H,27,32)(H,30,31). The molecule has 2 amide bonds. The summed E-state index contributed by atoms with van der Waals surface area (Å²) in [6, 6.07) is 15.3. The second kappa shape index (κ2) is 9.65. The zero-order valence-electron chi connectivity index (χ0n) is 19.0. The third kappa shape index (κ3) is 5.02. The topological polar surface area (TPSA) is 95.9 Å². The van der Waals surface area contributed by atoms with Gasteiger partial charge in [0, 0.05) is 19.5 Å². The first kappa shape index (κ1) is 22.8. The number of benzene rings is 2. The Morgan fingerprint density at radius 1 is 1.06 bits per heavy atom. The molecule has 0 aromatic heterocycles. The van der Waals surface area contributed by atoms with E-state index in [1.54, 1.807) is 0 Å². The van der Waals surface area contributed by atoms with Gasteiger partial charge in [-0.1, -0.05) is 61.4 Å². The maximum Gasteiger partial charge on any atom is 0.407 e. The van der Waals surface area contributed by atoms with Crippen molar-refractivity contribution in [2.45, 2.75) is 38.1 Å². The SMILES string of the molecule is CC(C(=O)O)N(C)C(=O)C(CNC(=O)OCC1c2ccccc2-c2ccccc21)CC1CC1. The molecule has 2 aliphatic rings. The van der Waals surface area contributed by atoms with Gasteiger partial charge >= 0.3 is 12.1 Å². The van der Waals surface area contributed by atoms with E-state index in [2.05, 4.69) is 29.6 Å². The highest BCUT2D eigenvalue weighted by Gasteiger charge is 2.34. The van der Waals surface area contributed by atoms with Gasteiger partial charge < -0.3 is 20.1 Å². The van der Waals surface area contributed by atoms with Crippen molar-refractivity contribution in [2.24, 2.45) is 11.8 Å². The summed E-state index contributed by atoms with van der Waals surface area (Å²) in [7, 11) is 1.49. The molecule has 1 fully saturated rings. The van der Waals surface area contributed by atoms with Gasteiger partial charge in [0.25, 0.3) is 0 Å². The van der Waals surface area contributed by atoms with Gasteiger partial charge in [0.15, 0.2) is 0 Å². The molecule has 2 N–H and O–H groups in total. The van der Waals surface area contributed by atoms with Crippen LogP contribution in [0.4, 0.5) is 4.79 Å². The van der Waals surface area contributed by atoms with Crippen molar-refractivity contribution in [3.63, 3.8) is 0 Å². The number of carboxylic acids is 1. The Kier molecular flexibility index (Phi) is 6.67. The molecule has 0 radical (unpaired) electrons. The number of hydrogen-bond donors (Lipinski definition) is 2. The van der Waals surface area contributed by atoms with E-state index in [0.29, 0.717) is 12.3 Å². The number of rotatable bonds is 9. The third-order valence-corrected chi connectivity index (χ3v) is 6.79. The lowest BCUT2D eigenvalue weighted by molar-refractivity contribution is -0.150. The molecule has 2 unspecified atom stereocenters. The Labute approximate surface area is 193 Å². The van der Waals surface area contributed by atoms with Crippen LogP contribution in [0.15, 0.2) is 48.5 Å². The summed E-state index contributed by atoms with van der Waals surface area (Å²) < 4.78 is 5.57. The largest absolute Gasteiger partial charge is 0.480 e. The summed E-state index contributed by atoms with van der Waals surface area (Å²) >= 11 is 0. The van der Waals surface area contributed by atoms with Crippen molar-refractivity contribution in [2.75, 3.05) is 20.2 Å². The molecule has 2 aromatic carbocycles. The van der Waals surface area contributed by atoms with E-state index in [1.807, 2.05) is 24.3 Å². The van der Waals surface area contributed by atoms with Crippen molar-refractivity contribution >= 4 is 18.0 Å². The van der Waals surface area contributed by atoms with Crippen LogP contribution >= 0.6 is 0 Å². The molecule has 33 heavy (non-hydrogen) atoms. The van der Waals surface area contributed by atoms with Gasteiger partial charge in [0.05, 0.1) is 5.92 Å². The number of fused-ring (bicyclic) bond motifs is 3. The number of hydrogen-bond acceptors (Lipinski definition) is 4. The Morgan fingerprint density at radius 2 is 1.64 bits per heavy atom. The number of alkyl carbamates (subject to hydrolysis) is 1. The van der Waals surface area contributed by atoms with Crippen LogP contribution in [0.5, 0.6) is 0 Å². The number of carbonyl (C=O) groups excluding carboxylic acids is 2. The molecule has 1 saturated carbocycles. The zero-order valence-corrected chi connectivity index (χ0v) is 19.0. The highest BCUT2D eigenvalue weighted by Crippen LogP contribution is 2.44. The van der Waals surface area contributed by atoms with Crippen molar-refractivity contribution in [3.05, 3.63) is 59.7 Å². The van der Waals surface area contributed by atoms with E-state index in [4.69, 9.17) is 4.74 Å². The Bertz CT molecular complexity index is 1000. The molecule has 174 valence electrons. The first-order valence-electron chi connectivity index (χ1n) is 11.4. The highest BCUT2D eigenvalue weighted by atomic mass is 16.5. The van der Waals surface area contributed by atoms with Crippen molar-refractivity contribution in [3.8, 4) is 11.1 Å². The zero-order chi connectivity index (χ0) is 23.5. The molecule has 0 saturated heterocycles. The number of carboxylic acid groups (broad SMARTS) is 1. The lowest BCUT2D eigenvalue weighted by Crippen LogP contribution is -2.46. The van der Waals surface area contributed by atoms with Crippen molar-refractivity contribution in [1.82, 2.24) is 10.2 Å². The second-order valence-corrected chi connectivity index (χ2v) is 9.05. The number of amides is 2. The van der Waals surface area contributed by atoms with E-state index < -0.39 is 24.0 Å². The van der Waals surface area contributed by atoms with Crippen molar-refractivity contribution in [1.29, 1.82) is 0 Å². The molecule has 7 heteroatoms. The van der Waals surface area contributed by atoms with Crippen LogP contribution in [0.1, 0.15) is 43.2 Å². The highest BCUT2D eigenvalue weighted by molar-refractivity contribution is 5.85. The van der Waals surface area contributed by atoms with Crippen LogP contribution in [0.2, 0.25) is 0 Å². The van der Waals surface area contributed by atoms with E-state index in [1.165, 1.54) is 18.9 Å². The summed E-state index contributed by atoms with van der Waals surface area (Å²) in [5, 5.41) is 12.0. The molecular weight excluding hydrogens is 420 g/mol. The van der Waals surface area contributed by atoms with E-state index in [9.17, 15) is 19.5 Å². The average molecular weight is 451 g/mol. The number of aliphatic carboxylic acids is 1. The van der Waals surface area contributed by atoms with Gasteiger partial charge in [-0.2, -0.15) is 0 Å². The van der Waals surface area contributed by atoms with Gasteiger partial charge in [0.1, 0.15) is 12.6 Å². The number of carbonyl (C=O) groups is 3. The van der Waals surface area contributed by atoms with E-state index in [-0.39, 0.29) is 25.0 Å². The molecule has 4 rings (SSSR count). The molecule has 2 aliphatic carbocycles. The van der Waals surface area contributed by atoms with Gasteiger partial charge in [-0.25, -0.2) is 9.59 Å².